The third-order valence-corrected chi connectivity index (χ3v) is 9.78. The van der Waals surface area contributed by atoms with E-state index >= 15 is 0 Å². The standard InChI is InChI=1S/C27H30OP/c1-21-7-13-25(14-8-21)29(20-24-6-4-5-19-28-24,26-15-9-22(2)10-16-26)27-17-11-23(3)12-18-27/h7-18,20H,4-6,19H2,1-3H3/q+1. The van der Waals surface area contributed by atoms with Gasteiger partial charge in [0.15, 0.2) is 0 Å². The first kappa shape index (κ1) is 19.9. The minimum Gasteiger partial charge on any atom is -0.494 e. The Kier molecular flexibility index (Phi) is 5.88. The summed E-state index contributed by atoms with van der Waals surface area (Å²) in [6.07, 6.45) is 3.40. The molecule has 1 saturated heterocycles. The van der Waals surface area contributed by atoms with Crippen LogP contribution in [0.5, 0.6) is 0 Å². The molecule has 1 nitrogen and oxygen atoms in total. The van der Waals surface area contributed by atoms with Crippen molar-refractivity contribution in [2.75, 3.05) is 6.61 Å². The summed E-state index contributed by atoms with van der Waals surface area (Å²) in [4.78, 5) is 0. The molecule has 4 rings (SSSR count). The van der Waals surface area contributed by atoms with Gasteiger partial charge in [-0.15, -0.1) is 0 Å². The summed E-state index contributed by atoms with van der Waals surface area (Å²) in [6, 6.07) is 27.4. The third-order valence-electron chi connectivity index (χ3n) is 5.77. The zero-order valence-electron chi connectivity index (χ0n) is 17.7. The molecule has 0 aromatic heterocycles. The van der Waals surface area contributed by atoms with Crippen molar-refractivity contribution in [3.05, 3.63) is 101 Å². The number of benzene rings is 3. The van der Waals surface area contributed by atoms with Gasteiger partial charge in [-0.2, -0.15) is 0 Å². The van der Waals surface area contributed by atoms with Gasteiger partial charge in [0.2, 0.25) is 0 Å². The second-order valence-electron chi connectivity index (χ2n) is 8.13. The van der Waals surface area contributed by atoms with Gasteiger partial charge in [-0.1, -0.05) is 53.1 Å². The molecule has 0 atom stereocenters. The first-order chi connectivity index (χ1) is 14.1. The Hall–Kier alpha value is -2.37. The first-order valence-corrected chi connectivity index (χ1v) is 12.4. The Morgan fingerprint density at radius 1 is 0.621 bits per heavy atom. The average Bonchev–Trinajstić information content (AvgIpc) is 2.75. The average molecular weight is 402 g/mol. The number of hydrogen-bond acceptors (Lipinski definition) is 1. The summed E-state index contributed by atoms with van der Waals surface area (Å²) in [5.41, 5.74) is 3.88. The molecule has 0 N–H and O–H groups in total. The van der Waals surface area contributed by atoms with Gasteiger partial charge in [-0.25, -0.2) is 0 Å². The number of aryl methyl sites for hydroxylation is 3. The molecule has 0 unspecified atom stereocenters. The number of hydrogen-bond donors (Lipinski definition) is 0. The second-order valence-corrected chi connectivity index (χ2v) is 11.4. The van der Waals surface area contributed by atoms with Gasteiger partial charge in [-0.3, -0.25) is 0 Å². The molecular formula is C27H30OP+. The maximum Gasteiger partial charge on any atom is 0.140 e. The highest BCUT2D eigenvalue weighted by Gasteiger charge is 2.44. The lowest BCUT2D eigenvalue weighted by Gasteiger charge is -2.26. The molecular weight excluding hydrogens is 371 g/mol. The smallest absolute Gasteiger partial charge is 0.140 e. The predicted octanol–water partition coefficient (Wildman–Crippen LogP) is 5.95. The lowest BCUT2D eigenvalue weighted by atomic mass is 10.2. The summed E-state index contributed by atoms with van der Waals surface area (Å²) >= 11 is 0. The van der Waals surface area contributed by atoms with Gasteiger partial charge in [0.1, 0.15) is 34.8 Å². The van der Waals surface area contributed by atoms with Crippen LogP contribution >= 0.6 is 7.26 Å². The molecule has 3 aromatic rings. The van der Waals surface area contributed by atoms with Crippen molar-refractivity contribution in [3.8, 4) is 0 Å². The van der Waals surface area contributed by atoms with Crippen LogP contribution in [0.1, 0.15) is 36.0 Å². The largest absolute Gasteiger partial charge is 0.494 e. The van der Waals surface area contributed by atoms with E-state index in [0.717, 1.165) is 25.2 Å². The van der Waals surface area contributed by atoms with E-state index in [1.54, 1.807) is 0 Å². The lowest BCUT2D eigenvalue weighted by Crippen LogP contribution is -2.30. The van der Waals surface area contributed by atoms with Gasteiger partial charge in [0, 0.05) is 6.42 Å². The maximum atomic E-state index is 6.16. The Morgan fingerprint density at radius 3 is 1.38 bits per heavy atom. The molecule has 1 aliphatic rings. The first-order valence-electron chi connectivity index (χ1n) is 10.5. The third kappa shape index (κ3) is 4.16. The molecule has 0 aliphatic carbocycles. The minimum absolute atomic E-state index is 0.835. The normalized spacial score (nSPS) is 15.9. The molecule has 0 radical (unpaired) electrons. The Morgan fingerprint density at radius 2 is 1.03 bits per heavy atom. The highest BCUT2D eigenvalue weighted by atomic mass is 31.2. The Labute approximate surface area is 175 Å². The Bertz CT molecular complexity index is 863. The Balaban J connectivity index is 2.01. The second kappa shape index (κ2) is 8.56. The van der Waals surface area contributed by atoms with Gasteiger partial charge in [0.25, 0.3) is 0 Å². The van der Waals surface area contributed by atoms with Crippen molar-refractivity contribution in [2.24, 2.45) is 0 Å². The highest BCUT2D eigenvalue weighted by Crippen LogP contribution is 2.58. The fourth-order valence-electron chi connectivity index (χ4n) is 4.01. The zero-order valence-corrected chi connectivity index (χ0v) is 18.6. The SMILES string of the molecule is Cc1ccc([P+](C=C2CCCCO2)(c2ccc(C)cc2)c2ccc(C)cc2)cc1. The number of ether oxygens (including phenoxy) is 1. The van der Waals surface area contributed by atoms with Crippen LogP contribution in [0.4, 0.5) is 0 Å². The highest BCUT2D eigenvalue weighted by molar-refractivity contribution is 7.98. The molecule has 29 heavy (non-hydrogen) atoms. The van der Waals surface area contributed by atoms with E-state index < -0.39 is 7.26 Å². The van der Waals surface area contributed by atoms with Crippen molar-refractivity contribution in [2.45, 2.75) is 40.0 Å². The predicted molar refractivity (Wildman–Crippen MR) is 127 cm³/mol. The van der Waals surface area contributed by atoms with E-state index in [1.807, 2.05) is 0 Å². The van der Waals surface area contributed by atoms with E-state index in [2.05, 4.69) is 99.4 Å². The van der Waals surface area contributed by atoms with Crippen LogP contribution in [-0.2, 0) is 4.74 Å². The summed E-state index contributed by atoms with van der Waals surface area (Å²) < 4.78 is 6.16. The van der Waals surface area contributed by atoms with Crippen LogP contribution in [-0.4, -0.2) is 6.61 Å². The van der Waals surface area contributed by atoms with Crippen LogP contribution in [0, 0.1) is 20.8 Å². The number of rotatable bonds is 4. The molecule has 1 heterocycles. The van der Waals surface area contributed by atoms with E-state index in [4.69, 9.17) is 4.74 Å². The van der Waals surface area contributed by atoms with Gasteiger partial charge < -0.3 is 4.74 Å². The molecule has 0 amide bonds. The van der Waals surface area contributed by atoms with Crippen LogP contribution in [0.15, 0.2) is 84.4 Å². The fraction of sp³-hybridized carbons (Fsp3) is 0.259. The van der Waals surface area contributed by atoms with Crippen LogP contribution in [0.2, 0.25) is 0 Å². The topological polar surface area (TPSA) is 9.23 Å². The monoisotopic (exact) mass is 401 g/mol. The van der Waals surface area contributed by atoms with Gasteiger partial charge in [0.05, 0.1) is 6.61 Å². The van der Waals surface area contributed by atoms with Crippen molar-refractivity contribution in [3.63, 3.8) is 0 Å². The summed E-state index contributed by atoms with van der Waals surface area (Å²) in [6.45, 7) is 7.31. The molecule has 148 valence electrons. The van der Waals surface area contributed by atoms with E-state index in [-0.39, 0.29) is 0 Å². The molecule has 0 spiro atoms. The summed E-state index contributed by atoms with van der Waals surface area (Å²) in [5.74, 6) is 3.65. The van der Waals surface area contributed by atoms with Crippen LogP contribution in [0.25, 0.3) is 0 Å². The maximum absolute atomic E-state index is 6.16. The van der Waals surface area contributed by atoms with E-state index in [1.165, 1.54) is 39.0 Å². The molecule has 1 aliphatic heterocycles. The van der Waals surface area contributed by atoms with E-state index in [0.29, 0.717) is 0 Å². The van der Waals surface area contributed by atoms with Gasteiger partial charge in [-0.05, 0) is 70.0 Å². The molecule has 0 saturated carbocycles. The van der Waals surface area contributed by atoms with Crippen molar-refractivity contribution in [1.29, 1.82) is 0 Å². The number of allylic oxidation sites excluding steroid dienone is 1. The van der Waals surface area contributed by atoms with Gasteiger partial charge >= 0.3 is 0 Å². The lowest BCUT2D eigenvalue weighted by molar-refractivity contribution is 0.167. The van der Waals surface area contributed by atoms with Crippen molar-refractivity contribution < 1.29 is 4.74 Å². The molecule has 3 aromatic carbocycles. The summed E-state index contributed by atoms with van der Waals surface area (Å²) in [5, 5.41) is 4.16. The minimum atomic E-state index is -1.97. The zero-order chi connectivity index (χ0) is 20.3. The van der Waals surface area contributed by atoms with Crippen molar-refractivity contribution in [1.82, 2.24) is 0 Å². The fourth-order valence-corrected chi connectivity index (χ4v) is 7.84. The quantitative estimate of drug-likeness (QED) is 0.491. The molecule has 1 fully saturated rings. The van der Waals surface area contributed by atoms with Crippen LogP contribution in [0.3, 0.4) is 0 Å². The van der Waals surface area contributed by atoms with Crippen molar-refractivity contribution >= 4 is 23.2 Å². The molecule has 2 heteroatoms. The van der Waals surface area contributed by atoms with Crippen LogP contribution < -0.4 is 15.9 Å². The molecule has 0 bridgehead atoms. The van der Waals surface area contributed by atoms with E-state index in [9.17, 15) is 0 Å². The summed E-state index contributed by atoms with van der Waals surface area (Å²) in [7, 11) is -1.97.